The summed E-state index contributed by atoms with van der Waals surface area (Å²) in [4.78, 5) is 10.6. The Kier molecular flexibility index (Phi) is 7.50. The number of nitrogens with one attached hydrogen (secondary N) is 1. The van der Waals surface area contributed by atoms with Gasteiger partial charge in [-0.1, -0.05) is 12.1 Å². The number of hydrogen-bond acceptors (Lipinski definition) is 4. The second-order valence-electron chi connectivity index (χ2n) is 4.48. The van der Waals surface area contributed by atoms with Crippen molar-refractivity contribution in [1.29, 1.82) is 0 Å². The van der Waals surface area contributed by atoms with Gasteiger partial charge in [0.1, 0.15) is 0 Å². The van der Waals surface area contributed by atoms with Crippen LogP contribution in [0, 0.1) is 0 Å². The molecule has 0 aliphatic rings. The summed E-state index contributed by atoms with van der Waals surface area (Å²) >= 11 is 0. The highest BCUT2D eigenvalue weighted by atomic mass is 16.5. The van der Waals surface area contributed by atoms with Crippen molar-refractivity contribution in [3.05, 3.63) is 23.8 Å². The van der Waals surface area contributed by atoms with Crippen molar-refractivity contribution < 1.29 is 14.3 Å². The number of carbonyl (C=O) groups is 1. The number of primary amides is 1. The fourth-order valence-electron chi connectivity index (χ4n) is 1.97. The molecule has 0 unspecified atom stereocenters. The molecule has 5 heteroatoms. The summed E-state index contributed by atoms with van der Waals surface area (Å²) in [6.45, 7) is 4.11. The Hall–Kier alpha value is -1.75. The Morgan fingerprint density at radius 3 is 2.80 bits per heavy atom. The third-order valence-corrected chi connectivity index (χ3v) is 2.91. The molecule has 0 atom stereocenters. The molecule has 1 rings (SSSR count). The number of nitrogens with two attached hydrogens (primary N) is 1. The summed E-state index contributed by atoms with van der Waals surface area (Å²) in [6.07, 6.45) is 2.19. The van der Waals surface area contributed by atoms with E-state index in [-0.39, 0.29) is 5.91 Å². The van der Waals surface area contributed by atoms with Crippen LogP contribution in [0.15, 0.2) is 18.2 Å². The second-order valence-corrected chi connectivity index (χ2v) is 4.48. The molecule has 0 aliphatic carbocycles. The van der Waals surface area contributed by atoms with E-state index >= 15 is 0 Å². The topological polar surface area (TPSA) is 73.6 Å². The van der Waals surface area contributed by atoms with Crippen molar-refractivity contribution in [1.82, 2.24) is 5.32 Å². The molecule has 0 saturated carbocycles. The lowest BCUT2D eigenvalue weighted by Gasteiger charge is -2.14. The van der Waals surface area contributed by atoms with Crippen LogP contribution in [-0.4, -0.2) is 26.2 Å². The van der Waals surface area contributed by atoms with Crippen LogP contribution in [0.3, 0.4) is 0 Å². The maximum atomic E-state index is 10.6. The molecule has 0 bridgehead atoms. The molecule has 0 saturated heterocycles. The van der Waals surface area contributed by atoms with Gasteiger partial charge in [-0.15, -0.1) is 0 Å². The lowest BCUT2D eigenvalue weighted by molar-refractivity contribution is -0.118. The van der Waals surface area contributed by atoms with Crippen molar-refractivity contribution in [3.8, 4) is 11.5 Å². The van der Waals surface area contributed by atoms with Gasteiger partial charge in [-0.05, 0) is 32.4 Å². The van der Waals surface area contributed by atoms with Gasteiger partial charge < -0.3 is 20.5 Å². The lowest BCUT2D eigenvalue weighted by atomic mass is 10.1. The highest BCUT2D eigenvalue weighted by Gasteiger charge is 2.09. The fourth-order valence-corrected chi connectivity index (χ4v) is 1.97. The average molecular weight is 280 g/mol. The predicted molar refractivity (Wildman–Crippen MR) is 78.9 cm³/mol. The molecule has 0 fully saturated rings. The Morgan fingerprint density at radius 2 is 2.15 bits per heavy atom. The van der Waals surface area contributed by atoms with E-state index < -0.39 is 0 Å². The summed E-state index contributed by atoms with van der Waals surface area (Å²) in [5, 5.41) is 3.33. The zero-order chi connectivity index (χ0) is 14.8. The summed E-state index contributed by atoms with van der Waals surface area (Å²) in [6, 6.07) is 5.87. The number of rotatable bonds is 10. The van der Waals surface area contributed by atoms with Crippen LogP contribution < -0.4 is 20.5 Å². The molecule has 3 N–H and O–H groups in total. The quantitative estimate of drug-likeness (QED) is 0.641. The zero-order valence-corrected chi connectivity index (χ0v) is 12.3. The van der Waals surface area contributed by atoms with Gasteiger partial charge in [-0.3, -0.25) is 4.79 Å². The van der Waals surface area contributed by atoms with Gasteiger partial charge in [0.15, 0.2) is 11.5 Å². The van der Waals surface area contributed by atoms with Crippen molar-refractivity contribution in [2.24, 2.45) is 5.73 Å². The summed E-state index contributed by atoms with van der Waals surface area (Å²) in [5.74, 6) is 1.30. The third kappa shape index (κ3) is 5.48. The molecule has 1 amide bonds. The molecule has 0 aromatic heterocycles. The van der Waals surface area contributed by atoms with Gasteiger partial charge >= 0.3 is 0 Å². The molecular formula is C15H24N2O3. The first-order valence-corrected chi connectivity index (χ1v) is 6.96. The molecule has 0 spiro atoms. The van der Waals surface area contributed by atoms with Gasteiger partial charge in [0.25, 0.3) is 0 Å². The van der Waals surface area contributed by atoms with Gasteiger partial charge in [0.2, 0.25) is 5.91 Å². The van der Waals surface area contributed by atoms with Crippen LogP contribution in [0.1, 0.15) is 31.7 Å². The Labute approximate surface area is 120 Å². The molecule has 1 aromatic carbocycles. The molecule has 20 heavy (non-hydrogen) atoms. The van der Waals surface area contributed by atoms with Crippen LogP contribution in [0.25, 0.3) is 0 Å². The first kappa shape index (κ1) is 16.3. The first-order chi connectivity index (χ1) is 9.69. The number of methoxy groups -OCH3 is 1. The van der Waals surface area contributed by atoms with Crippen LogP contribution in [0.4, 0.5) is 0 Å². The van der Waals surface area contributed by atoms with Crippen LogP contribution in [0.2, 0.25) is 0 Å². The van der Waals surface area contributed by atoms with Crippen molar-refractivity contribution in [2.45, 2.75) is 32.7 Å². The van der Waals surface area contributed by atoms with Crippen LogP contribution in [0.5, 0.6) is 11.5 Å². The number of amides is 1. The number of hydrogen-bond donors (Lipinski definition) is 2. The minimum atomic E-state index is -0.240. The first-order valence-electron chi connectivity index (χ1n) is 6.96. The summed E-state index contributed by atoms with van der Waals surface area (Å²) in [7, 11) is 1.65. The summed E-state index contributed by atoms with van der Waals surface area (Å²) in [5.41, 5.74) is 6.15. The number of ether oxygens (including phenoxy) is 2. The molecule has 0 aliphatic heterocycles. The van der Waals surface area contributed by atoms with E-state index in [0.29, 0.717) is 19.6 Å². The fraction of sp³-hybridized carbons (Fsp3) is 0.533. The SMILES string of the molecule is CCOc1cccc(CNCCCCC(N)=O)c1OC. The molecule has 0 heterocycles. The highest BCUT2D eigenvalue weighted by molar-refractivity contribution is 5.73. The van der Waals surface area contributed by atoms with Crippen molar-refractivity contribution in [2.75, 3.05) is 20.3 Å². The van der Waals surface area contributed by atoms with Crippen LogP contribution in [-0.2, 0) is 11.3 Å². The third-order valence-electron chi connectivity index (χ3n) is 2.91. The van der Waals surface area contributed by atoms with E-state index in [0.717, 1.165) is 36.4 Å². The minimum Gasteiger partial charge on any atom is -0.493 e. The largest absolute Gasteiger partial charge is 0.493 e. The summed E-state index contributed by atoms with van der Waals surface area (Å²) < 4.78 is 10.9. The highest BCUT2D eigenvalue weighted by Crippen LogP contribution is 2.30. The molecule has 112 valence electrons. The minimum absolute atomic E-state index is 0.240. The van der Waals surface area contributed by atoms with Gasteiger partial charge in [-0.25, -0.2) is 0 Å². The van der Waals surface area contributed by atoms with E-state index in [1.807, 2.05) is 25.1 Å². The normalized spacial score (nSPS) is 10.3. The van der Waals surface area contributed by atoms with E-state index in [2.05, 4.69) is 5.32 Å². The van der Waals surface area contributed by atoms with Crippen molar-refractivity contribution >= 4 is 5.91 Å². The maximum Gasteiger partial charge on any atom is 0.217 e. The van der Waals surface area contributed by atoms with Crippen LogP contribution >= 0.6 is 0 Å². The molecule has 5 nitrogen and oxygen atoms in total. The number of unbranched alkanes of at least 4 members (excludes halogenated alkanes) is 1. The standard InChI is InChI=1S/C15H24N2O3/c1-3-20-13-8-6-7-12(15(13)19-2)11-17-10-5-4-9-14(16)18/h6-8,17H,3-5,9-11H2,1-2H3,(H2,16,18). The molecule has 1 aromatic rings. The lowest BCUT2D eigenvalue weighted by Crippen LogP contribution is -2.16. The second kappa shape index (κ2) is 9.20. The van der Waals surface area contributed by atoms with E-state index in [9.17, 15) is 4.79 Å². The molecule has 0 radical (unpaired) electrons. The van der Waals surface area contributed by atoms with E-state index in [4.69, 9.17) is 15.2 Å². The monoisotopic (exact) mass is 280 g/mol. The molecular weight excluding hydrogens is 256 g/mol. The average Bonchev–Trinajstić information content (AvgIpc) is 2.43. The van der Waals surface area contributed by atoms with Gasteiger partial charge in [-0.2, -0.15) is 0 Å². The van der Waals surface area contributed by atoms with Gasteiger partial charge in [0, 0.05) is 18.5 Å². The van der Waals surface area contributed by atoms with E-state index in [1.54, 1.807) is 7.11 Å². The Bertz CT molecular complexity index is 422. The predicted octanol–water partition coefficient (Wildman–Crippen LogP) is 1.84. The van der Waals surface area contributed by atoms with Crippen molar-refractivity contribution in [3.63, 3.8) is 0 Å². The smallest absolute Gasteiger partial charge is 0.217 e. The van der Waals surface area contributed by atoms with Gasteiger partial charge in [0.05, 0.1) is 13.7 Å². The number of para-hydroxylation sites is 1. The number of benzene rings is 1. The zero-order valence-electron chi connectivity index (χ0n) is 12.3. The Morgan fingerprint density at radius 1 is 1.35 bits per heavy atom. The van der Waals surface area contributed by atoms with E-state index in [1.165, 1.54) is 0 Å². The number of carbonyl (C=O) groups excluding carboxylic acids is 1. The Balaban J connectivity index is 2.43. The maximum absolute atomic E-state index is 10.6.